The molecule has 0 radical (unpaired) electrons. The third-order valence-corrected chi connectivity index (χ3v) is 4.17. The number of imide groups is 1. The van der Waals surface area contributed by atoms with Crippen molar-refractivity contribution in [2.45, 2.75) is 39.3 Å². The molecule has 7 nitrogen and oxygen atoms in total. The minimum atomic E-state index is -0.692. The van der Waals surface area contributed by atoms with Crippen LogP contribution in [0.25, 0.3) is 0 Å². The number of urea groups is 1. The molecule has 1 aliphatic heterocycles. The lowest BCUT2D eigenvalue weighted by Gasteiger charge is -2.11. The summed E-state index contributed by atoms with van der Waals surface area (Å²) in [7, 11) is 0. The second kappa shape index (κ2) is 7.43. The van der Waals surface area contributed by atoms with Gasteiger partial charge in [0.1, 0.15) is 11.8 Å². The molecular weight excluding hydrogens is 334 g/mol. The van der Waals surface area contributed by atoms with Crippen molar-refractivity contribution in [3.8, 4) is 0 Å². The van der Waals surface area contributed by atoms with E-state index in [2.05, 4.69) is 10.6 Å². The molecule has 1 atom stereocenters. The highest BCUT2D eigenvalue weighted by Crippen LogP contribution is 2.17. The Kier molecular flexibility index (Phi) is 5.06. The van der Waals surface area contributed by atoms with Gasteiger partial charge < -0.3 is 15.1 Å². The zero-order valence-electron chi connectivity index (χ0n) is 14.7. The highest BCUT2D eigenvalue weighted by atomic mass is 16.3. The molecule has 4 amide bonds. The Labute approximate surface area is 151 Å². The van der Waals surface area contributed by atoms with Crippen LogP contribution in [-0.2, 0) is 16.1 Å². The molecule has 0 saturated carbocycles. The number of rotatable bonds is 6. The molecule has 1 aromatic heterocycles. The summed E-state index contributed by atoms with van der Waals surface area (Å²) in [5, 5.41) is 5.45. The van der Waals surface area contributed by atoms with Gasteiger partial charge in [-0.1, -0.05) is 6.07 Å². The minimum Gasteiger partial charge on any atom is -0.467 e. The van der Waals surface area contributed by atoms with Crippen LogP contribution in [0, 0.1) is 13.8 Å². The standard InChI is InChI=1S/C19H21N3O4/c1-12-8-13(2)10-14(9-12)20-17(23)6-5-16-18(24)22(19(25)21-16)11-15-4-3-7-26-15/h3-4,7-10,16H,5-6,11H2,1-2H3,(H,20,23)(H,21,25)/t16-/m0/s1. The van der Waals surface area contributed by atoms with Crippen LogP contribution >= 0.6 is 0 Å². The van der Waals surface area contributed by atoms with Crippen molar-refractivity contribution in [3.63, 3.8) is 0 Å². The molecular formula is C19H21N3O4. The predicted molar refractivity (Wildman–Crippen MR) is 95.4 cm³/mol. The van der Waals surface area contributed by atoms with Crippen molar-refractivity contribution in [1.29, 1.82) is 0 Å². The molecule has 0 aliphatic carbocycles. The Morgan fingerprint density at radius 3 is 2.62 bits per heavy atom. The lowest BCUT2D eigenvalue weighted by atomic mass is 10.1. The predicted octanol–water partition coefficient (Wildman–Crippen LogP) is 2.74. The first-order valence-electron chi connectivity index (χ1n) is 8.45. The van der Waals surface area contributed by atoms with Crippen LogP contribution < -0.4 is 10.6 Å². The lowest BCUT2D eigenvalue weighted by molar-refractivity contribution is -0.128. The summed E-state index contributed by atoms with van der Waals surface area (Å²) in [6, 6.07) is 8.04. The van der Waals surface area contributed by atoms with E-state index in [0.29, 0.717) is 5.76 Å². The van der Waals surface area contributed by atoms with Gasteiger partial charge in [-0.3, -0.25) is 14.5 Å². The van der Waals surface area contributed by atoms with Crippen molar-refractivity contribution >= 4 is 23.5 Å². The van der Waals surface area contributed by atoms with Crippen molar-refractivity contribution in [2.75, 3.05) is 5.32 Å². The second-order valence-electron chi connectivity index (χ2n) is 6.47. The maximum absolute atomic E-state index is 12.4. The molecule has 3 rings (SSSR count). The maximum atomic E-state index is 12.4. The zero-order valence-corrected chi connectivity index (χ0v) is 14.7. The molecule has 1 fully saturated rings. The van der Waals surface area contributed by atoms with Gasteiger partial charge in [-0.05, 0) is 55.7 Å². The number of aryl methyl sites for hydroxylation is 2. The van der Waals surface area contributed by atoms with E-state index in [1.807, 2.05) is 32.0 Å². The normalized spacial score (nSPS) is 16.7. The SMILES string of the molecule is Cc1cc(C)cc(NC(=O)CC[C@@H]2NC(=O)N(Cc3ccco3)C2=O)c1. The summed E-state index contributed by atoms with van der Waals surface area (Å²) in [5.41, 5.74) is 2.85. The molecule has 2 heterocycles. The Morgan fingerprint density at radius 2 is 1.96 bits per heavy atom. The number of furan rings is 1. The number of carbonyl (C=O) groups excluding carboxylic acids is 3. The first-order chi connectivity index (χ1) is 12.4. The monoisotopic (exact) mass is 355 g/mol. The first kappa shape index (κ1) is 17.7. The Bertz CT molecular complexity index is 809. The molecule has 2 aromatic rings. The summed E-state index contributed by atoms with van der Waals surface area (Å²) < 4.78 is 5.17. The number of carbonyl (C=O) groups is 3. The molecule has 136 valence electrons. The quantitative estimate of drug-likeness (QED) is 0.780. The second-order valence-corrected chi connectivity index (χ2v) is 6.47. The Morgan fingerprint density at radius 1 is 1.23 bits per heavy atom. The molecule has 0 spiro atoms. The van der Waals surface area contributed by atoms with E-state index in [0.717, 1.165) is 21.7 Å². The van der Waals surface area contributed by atoms with Crippen LogP contribution in [0.1, 0.15) is 29.7 Å². The molecule has 0 unspecified atom stereocenters. The van der Waals surface area contributed by atoms with Gasteiger partial charge in [0, 0.05) is 12.1 Å². The number of hydrogen-bond acceptors (Lipinski definition) is 4. The molecule has 1 saturated heterocycles. The van der Waals surface area contributed by atoms with Crippen molar-refractivity contribution < 1.29 is 18.8 Å². The van der Waals surface area contributed by atoms with Gasteiger partial charge >= 0.3 is 6.03 Å². The number of nitrogens with one attached hydrogen (secondary N) is 2. The van der Waals surface area contributed by atoms with Gasteiger partial charge in [0.15, 0.2) is 0 Å². The summed E-state index contributed by atoms with van der Waals surface area (Å²) in [5.74, 6) is -0.00570. The van der Waals surface area contributed by atoms with E-state index < -0.39 is 12.1 Å². The third-order valence-electron chi connectivity index (χ3n) is 4.17. The van der Waals surface area contributed by atoms with Crippen LogP contribution in [0.2, 0.25) is 0 Å². The Balaban J connectivity index is 1.53. The lowest BCUT2D eigenvalue weighted by Crippen LogP contribution is -2.31. The number of benzene rings is 1. The van der Waals surface area contributed by atoms with E-state index in [1.165, 1.54) is 6.26 Å². The van der Waals surface area contributed by atoms with E-state index in [4.69, 9.17) is 4.42 Å². The highest BCUT2D eigenvalue weighted by Gasteiger charge is 2.38. The number of amides is 4. The molecule has 1 aromatic carbocycles. The van der Waals surface area contributed by atoms with Crippen LogP contribution in [0.15, 0.2) is 41.0 Å². The van der Waals surface area contributed by atoms with E-state index in [1.54, 1.807) is 12.1 Å². The van der Waals surface area contributed by atoms with Gasteiger partial charge in [0.25, 0.3) is 5.91 Å². The van der Waals surface area contributed by atoms with Crippen LogP contribution in [0.4, 0.5) is 10.5 Å². The highest BCUT2D eigenvalue weighted by molar-refractivity contribution is 6.04. The van der Waals surface area contributed by atoms with Gasteiger partial charge in [0.05, 0.1) is 12.8 Å². The third kappa shape index (κ3) is 4.11. The van der Waals surface area contributed by atoms with Crippen molar-refractivity contribution in [2.24, 2.45) is 0 Å². The van der Waals surface area contributed by atoms with E-state index in [9.17, 15) is 14.4 Å². The topological polar surface area (TPSA) is 91.7 Å². The number of nitrogens with zero attached hydrogens (tertiary/aromatic N) is 1. The number of anilines is 1. The zero-order chi connectivity index (χ0) is 18.7. The first-order valence-corrected chi connectivity index (χ1v) is 8.45. The molecule has 2 N–H and O–H groups in total. The smallest absolute Gasteiger partial charge is 0.325 e. The fourth-order valence-electron chi connectivity index (χ4n) is 3.03. The van der Waals surface area contributed by atoms with Crippen molar-refractivity contribution in [1.82, 2.24) is 10.2 Å². The van der Waals surface area contributed by atoms with Crippen LogP contribution in [0.5, 0.6) is 0 Å². The van der Waals surface area contributed by atoms with Crippen LogP contribution in [-0.4, -0.2) is 28.8 Å². The summed E-state index contributed by atoms with van der Waals surface area (Å²) in [6.45, 7) is 4.01. The molecule has 1 aliphatic rings. The van der Waals surface area contributed by atoms with Gasteiger partial charge in [-0.25, -0.2) is 4.79 Å². The largest absolute Gasteiger partial charge is 0.467 e. The van der Waals surface area contributed by atoms with Gasteiger partial charge in [0.2, 0.25) is 5.91 Å². The minimum absolute atomic E-state index is 0.0862. The van der Waals surface area contributed by atoms with Gasteiger partial charge in [-0.2, -0.15) is 0 Å². The van der Waals surface area contributed by atoms with Crippen LogP contribution in [0.3, 0.4) is 0 Å². The fraction of sp³-hybridized carbons (Fsp3) is 0.316. The summed E-state index contributed by atoms with van der Waals surface area (Å²) >= 11 is 0. The molecule has 0 bridgehead atoms. The maximum Gasteiger partial charge on any atom is 0.325 e. The van der Waals surface area contributed by atoms with Gasteiger partial charge in [-0.15, -0.1) is 0 Å². The Hall–Kier alpha value is -3.09. The summed E-state index contributed by atoms with van der Waals surface area (Å²) in [6.07, 6.45) is 1.87. The molecule has 26 heavy (non-hydrogen) atoms. The van der Waals surface area contributed by atoms with E-state index >= 15 is 0 Å². The number of hydrogen-bond donors (Lipinski definition) is 2. The molecule has 7 heteroatoms. The fourth-order valence-corrected chi connectivity index (χ4v) is 3.03. The average Bonchev–Trinajstić information content (AvgIpc) is 3.16. The average molecular weight is 355 g/mol. The van der Waals surface area contributed by atoms with E-state index in [-0.39, 0.29) is 31.2 Å². The van der Waals surface area contributed by atoms with Crippen molar-refractivity contribution in [3.05, 3.63) is 53.5 Å². The summed E-state index contributed by atoms with van der Waals surface area (Å²) in [4.78, 5) is 37.6.